The average molecular weight is 344 g/mol. The Balaban J connectivity index is 2.02. The Morgan fingerprint density at radius 3 is 2.71 bits per heavy atom. The predicted molar refractivity (Wildman–Crippen MR) is 84.0 cm³/mol. The van der Waals surface area contributed by atoms with Gasteiger partial charge in [-0.1, -0.05) is 12.1 Å². The minimum absolute atomic E-state index is 0.0761. The predicted octanol–water partition coefficient (Wildman–Crippen LogP) is 2.81. The largest absolute Gasteiger partial charge is 0.416 e. The number of hydrogen-bond donors (Lipinski definition) is 1. The number of carbonyl (C=O) groups excluding carboxylic acids is 1. The lowest BCUT2D eigenvalue weighted by Crippen LogP contribution is -2.45. The Morgan fingerprint density at radius 1 is 1.38 bits per heavy atom. The molecular formula is C17H23F3N2O2. The molecule has 1 aromatic carbocycles. The van der Waals surface area contributed by atoms with Crippen LogP contribution in [0.5, 0.6) is 0 Å². The lowest BCUT2D eigenvalue weighted by molar-refractivity contribution is -0.137. The fourth-order valence-corrected chi connectivity index (χ4v) is 3.16. The van der Waals surface area contributed by atoms with Crippen LogP contribution in [0.25, 0.3) is 0 Å². The van der Waals surface area contributed by atoms with Gasteiger partial charge in [0.25, 0.3) is 0 Å². The van der Waals surface area contributed by atoms with Crippen molar-refractivity contribution in [3.05, 3.63) is 35.4 Å². The molecule has 2 N–H and O–H groups in total. The number of rotatable bonds is 4. The molecule has 24 heavy (non-hydrogen) atoms. The SMILES string of the molecule is CO[C@@H]1C[C@@H](C(=O)N(C)Cc2cccc(C(F)(F)F)c2)CC[C@H]1N. The van der Waals surface area contributed by atoms with E-state index in [1.165, 1.54) is 11.0 Å². The summed E-state index contributed by atoms with van der Waals surface area (Å²) in [5.74, 6) is -0.285. The second-order valence-corrected chi connectivity index (χ2v) is 6.34. The summed E-state index contributed by atoms with van der Waals surface area (Å²) in [7, 11) is 3.18. The Labute approximate surface area is 139 Å². The maximum atomic E-state index is 12.8. The molecule has 4 nitrogen and oxygen atoms in total. The minimum Gasteiger partial charge on any atom is -0.380 e. The second-order valence-electron chi connectivity index (χ2n) is 6.34. The normalized spacial score (nSPS) is 24.7. The van der Waals surface area contributed by atoms with Crippen LogP contribution < -0.4 is 5.73 Å². The van der Waals surface area contributed by atoms with Gasteiger partial charge in [-0.2, -0.15) is 13.2 Å². The Bertz CT molecular complexity index is 577. The minimum atomic E-state index is -4.39. The quantitative estimate of drug-likeness (QED) is 0.914. The van der Waals surface area contributed by atoms with Crippen LogP contribution in [0.15, 0.2) is 24.3 Å². The summed E-state index contributed by atoms with van der Waals surface area (Å²) in [6, 6.07) is 4.98. The molecule has 0 radical (unpaired) electrons. The molecule has 1 aromatic rings. The number of methoxy groups -OCH3 is 1. The summed E-state index contributed by atoms with van der Waals surface area (Å²) in [4.78, 5) is 14.0. The zero-order valence-electron chi connectivity index (χ0n) is 13.8. The molecule has 0 saturated heterocycles. The van der Waals surface area contributed by atoms with Crippen molar-refractivity contribution in [1.29, 1.82) is 0 Å². The summed E-state index contributed by atoms with van der Waals surface area (Å²) in [5, 5.41) is 0. The molecule has 1 aliphatic carbocycles. The molecule has 0 bridgehead atoms. The Morgan fingerprint density at radius 2 is 2.08 bits per heavy atom. The molecule has 0 heterocycles. The number of halogens is 3. The number of benzene rings is 1. The van der Waals surface area contributed by atoms with Gasteiger partial charge in [0.15, 0.2) is 0 Å². The zero-order valence-corrected chi connectivity index (χ0v) is 13.8. The van der Waals surface area contributed by atoms with Crippen LogP contribution in [0, 0.1) is 5.92 Å². The van der Waals surface area contributed by atoms with Crippen LogP contribution in [-0.4, -0.2) is 37.1 Å². The molecule has 1 aliphatic rings. The van der Waals surface area contributed by atoms with Crippen LogP contribution in [0.3, 0.4) is 0 Å². The summed E-state index contributed by atoms with van der Waals surface area (Å²) in [6.45, 7) is 0.142. The van der Waals surface area contributed by atoms with E-state index < -0.39 is 11.7 Å². The maximum absolute atomic E-state index is 12.8. The first-order valence-electron chi connectivity index (χ1n) is 7.92. The Kier molecular flexibility index (Phi) is 5.87. The third-order valence-corrected chi connectivity index (χ3v) is 4.55. The lowest BCUT2D eigenvalue weighted by atomic mass is 9.83. The first kappa shape index (κ1) is 18.7. The molecule has 0 aliphatic heterocycles. The first-order chi connectivity index (χ1) is 11.2. The zero-order chi connectivity index (χ0) is 17.9. The molecule has 134 valence electrons. The van der Waals surface area contributed by atoms with Gasteiger partial charge in [-0.3, -0.25) is 4.79 Å². The molecule has 3 atom stereocenters. The van der Waals surface area contributed by atoms with Crippen LogP contribution in [-0.2, 0) is 22.3 Å². The first-order valence-corrected chi connectivity index (χ1v) is 7.92. The van der Waals surface area contributed by atoms with Crippen molar-refractivity contribution in [2.45, 2.75) is 44.1 Å². The molecule has 1 saturated carbocycles. The molecule has 0 unspecified atom stereocenters. The number of carbonyl (C=O) groups is 1. The van der Waals surface area contributed by atoms with Crippen molar-refractivity contribution in [1.82, 2.24) is 4.90 Å². The molecule has 0 aromatic heterocycles. The van der Waals surface area contributed by atoms with Crippen molar-refractivity contribution < 1.29 is 22.7 Å². The van der Waals surface area contributed by atoms with Crippen LogP contribution in [0.4, 0.5) is 13.2 Å². The monoisotopic (exact) mass is 344 g/mol. The molecule has 0 spiro atoms. The summed E-state index contributed by atoms with van der Waals surface area (Å²) >= 11 is 0. The lowest BCUT2D eigenvalue weighted by Gasteiger charge is -2.34. The van der Waals surface area contributed by atoms with Gasteiger partial charge in [0.05, 0.1) is 11.7 Å². The summed E-state index contributed by atoms with van der Waals surface area (Å²) < 4.78 is 43.6. The standard InChI is InChI=1S/C17H23F3N2O2/c1-22(10-11-4-3-5-13(8-11)17(18,19)20)16(23)12-6-7-14(21)15(9-12)24-2/h3-5,8,12,14-15H,6-7,9-10,21H2,1-2H3/t12-,14+,15+/m0/s1. The molecule has 1 fully saturated rings. The highest BCUT2D eigenvalue weighted by Gasteiger charge is 2.34. The average Bonchev–Trinajstić information content (AvgIpc) is 2.54. The third kappa shape index (κ3) is 4.48. The van der Waals surface area contributed by atoms with Gasteiger partial charge in [0.1, 0.15) is 0 Å². The highest BCUT2D eigenvalue weighted by atomic mass is 19.4. The fraction of sp³-hybridized carbons (Fsp3) is 0.588. The number of nitrogens with zero attached hydrogens (tertiary/aromatic N) is 1. The van der Waals surface area contributed by atoms with Gasteiger partial charge in [0, 0.05) is 32.7 Å². The molecule has 2 rings (SSSR count). The van der Waals surface area contributed by atoms with Crippen molar-refractivity contribution in [3.8, 4) is 0 Å². The summed E-state index contributed by atoms with van der Waals surface area (Å²) in [5.41, 5.74) is 5.70. The van der Waals surface area contributed by atoms with Crippen molar-refractivity contribution in [3.63, 3.8) is 0 Å². The molecule has 1 amide bonds. The number of amides is 1. The smallest absolute Gasteiger partial charge is 0.380 e. The number of hydrogen-bond acceptors (Lipinski definition) is 3. The number of alkyl halides is 3. The van der Waals surface area contributed by atoms with Gasteiger partial charge < -0.3 is 15.4 Å². The topological polar surface area (TPSA) is 55.6 Å². The fourth-order valence-electron chi connectivity index (χ4n) is 3.16. The van der Waals surface area contributed by atoms with E-state index in [4.69, 9.17) is 10.5 Å². The van der Waals surface area contributed by atoms with Gasteiger partial charge in [0.2, 0.25) is 5.91 Å². The number of ether oxygens (including phenoxy) is 1. The van der Waals surface area contributed by atoms with E-state index in [0.29, 0.717) is 24.8 Å². The van der Waals surface area contributed by atoms with E-state index in [1.807, 2.05) is 0 Å². The highest BCUT2D eigenvalue weighted by Crippen LogP contribution is 2.30. The van der Waals surface area contributed by atoms with Gasteiger partial charge in [-0.15, -0.1) is 0 Å². The second kappa shape index (κ2) is 7.53. The van der Waals surface area contributed by atoms with E-state index in [0.717, 1.165) is 12.1 Å². The maximum Gasteiger partial charge on any atom is 0.416 e. The van der Waals surface area contributed by atoms with Crippen LogP contribution in [0.2, 0.25) is 0 Å². The van der Waals surface area contributed by atoms with Crippen molar-refractivity contribution >= 4 is 5.91 Å². The van der Waals surface area contributed by atoms with Gasteiger partial charge in [-0.05, 0) is 37.0 Å². The van der Waals surface area contributed by atoms with E-state index >= 15 is 0 Å². The molecule has 7 heteroatoms. The van der Waals surface area contributed by atoms with Crippen molar-refractivity contribution in [2.24, 2.45) is 11.7 Å². The molecular weight excluding hydrogens is 321 g/mol. The summed E-state index contributed by atoms with van der Waals surface area (Å²) in [6.07, 6.45) is -2.62. The Hall–Kier alpha value is -1.60. The van der Waals surface area contributed by atoms with Gasteiger partial charge >= 0.3 is 6.18 Å². The van der Waals surface area contributed by atoms with Gasteiger partial charge in [-0.25, -0.2) is 0 Å². The van der Waals surface area contributed by atoms with E-state index in [-0.39, 0.29) is 30.5 Å². The van der Waals surface area contributed by atoms with E-state index in [9.17, 15) is 18.0 Å². The van der Waals surface area contributed by atoms with E-state index in [2.05, 4.69) is 0 Å². The highest BCUT2D eigenvalue weighted by molar-refractivity contribution is 5.78. The van der Waals surface area contributed by atoms with Crippen molar-refractivity contribution in [2.75, 3.05) is 14.2 Å². The van der Waals surface area contributed by atoms with Crippen LogP contribution in [0.1, 0.15) is 30.4 Å². The third-order valence-electron chi connectivity index (χ3n) is 4.55. The van der Waals surface area contributed by atoms with Crippen LogP contribution >= 0.6 is 0 Å². The van der Waals surface area contributed by atoms with E-state index in [1.54, 1.807) is 20.2 Å². The number of nitrogens with two attached hydrogens (primary N) is 1.